The van der Waals surface area contributed by atoms with Crippen LogP contribution < -0.4 is 15.4 Å². The summed E-state index contributed by atoms with van der Waals surface area (Å²) in [5.74, 6) is -0.567. The van der Waals surface area contributed by atoms with Crippen LogP contribution in [0, 0.1) is 10.1 Å². The van der Waals surface area contributed by atoms with Crippen LogP contribution in [0.3, 0.4) is 0 Å². The molecular weight excluding hydrogens is 338 g/mol. The van der Waals surface area contributed by atoms with Crippen LogP contribution in [0.5, 0.6) is 5.75 Å². The lowest BCUT2D eigenvalue weighted by molar-refractivity contribution is -0.385. The average Bonchev–Trinajstić information content (AvgIpc) is 3.44. The molecule has 134 valence electrons. The molecule has 0 bridgehead atoms. The fraction of sp³-hybridized carbons (Fsp3) is 0.222. The number of hydrogen-bond donors (Lipinski definition) is 2. The molecule has 0 saturated heterocycles. The molecule has 0 aromatic heterocycles. The van der Waals surface area contributed by atoms with Gasteiger partial charge in [0.2, 0.25) is 0 Å². The maximum absolute atomic E-state index is 12.0. The van der Waals surface area contributed by atoms with Gasteiger partial charge >= 0.3 is 5.69 Å². The van der Waals surface area contributed by atoms with Crippen molar-refractivity contribution in [2.24, 2.45) is 0 Å². The quantitative estimate of drug-likeness (QED) is 0.586. The van der Waals surface area contributed by atoms with Gasteiger partial charge in [-0.3, -0.25) is 19.7 Å². The number of nitrogens with one attached hydrogen (secondary N) is 2. The van der Waals surface area contributed by atoms with Crippen LogP contribution in [0.1, 0.15) is 23.2 Å². The second-order valence-electron chi connectivity index (χ2n) is 5.89. The Balaban J connectivity index is 1.53. The molecule has 2 aromatic carbocycles. The lowest BCUT2D eigenvalue weighted by Crippen LogP contribution is -2.25. The van der Waals surface area contributed by atoms with Crippen LogP contribution in [-0.4, -0.2) is 29.4 Å². The molecule has 0 atom stereocenters. The van der Waals surface area contributed by atoms with E-state index in [-0.39, 0.29) is 30.0 Å². The molecule has 0 unspecified atom stereocenters. The van der Waals surface area contributed by atoms with Gasteiger partial charge in [0.05, 0.1) is 4.92 Å². The van der Waals surface area contributed by atoms with Gasteiger partial charge in [0.1, 0.15) is 0 Å². The number of anilines is 1. The summed E-state index contributed by atoms with van der Waals surface area (Å²) in [5.41, 5.74) is 0.821. The van der Waals surface area contributed by atoms with Crippen molar-refractivity contribution in [3.05, 3.63) is 64.2 Å². The highest BCUT2D eigenvalue weighted by Crippen LogP contribution is 2.25. The third-order valence-corrected chi connectivity index (χ3v) is 3.76. The Hall–Kier alpha value is -3.42. The molecule has 0 heterocycles. The van der Waals surface area contributed by atoms with Gasteiger partial charge in [-0.2, -0.15) is 0 Å². The summed E-state index contributed by atoms with van der Waals surface area (Å²) in [6, 6.07) is 12.6. The predicted molar refractivity (Wildman–Crippen MR) is 94.2 cm³/mol. The topological polar surface area (TPSA) is 111 Å². The van der Waals surface area contributed by atoms with Gasteiger partial charge in [0.15, 0.2) is 12.4 Å². The summed E-state index contributed by atoms with van der Waals surface area (Å²) >= 11 is 0. The Kier molecular flexibility index (Phi) is 5.12. The number of rotatable bonds is 7. The first-order chi connectivity index (χ1) is 12.5. The maximum atomic E-state index is 12.0. The number of ether oxygens (including phenoxy) is 1. The summed E-state index contributed by atoms with van der Waals surface area (Å²) in [5, 5.41) is 16.4. The first-order valence-corrected chi connectivity index (χ1v) is 8.10. The van der Waals surface area contributed by atoms with E-state index >= 15 is 0 Å². The Bertz CT molecular complexity index is 831. The van der Waals surface area contributed by atoms with Crippen LogP contribution in [0.15, 0.2) is 48.5 Å². The lowest BCUT2D eigenvalue weighted by Gasteiger charge is -2.08. The first kappa shape index (κ1) is 17.4. The van der Waals surface area contributed by atoms with Crippen LogP contribution in [0.2, 0.25) is 0 Å². The van der Waals surface area contributed by atoms with Crippen molar-refractivity contribution < 1.29 is 19.2 Å². The number of benzene rings is 2. The summed E-state index contributed by atoms with van der Waals surface area (Å²) in [6.45, 7) is -0.366. The molecule has 0 spiro atoms. The van der Waals surface area contributed by atoms with Gasteiger partial charge in [-0.1, -0.05) is 12.1 Å². The van der Waals surface area contributed by atoms with E-state index in [1.165, 1.54) is 18.2 Å². The van der Waals surface area contributed by atoms with E-state index < -0.39 is 10.8 Å². The highest BCUT2D eigenvalue weighted by molar-refractivity contribution is 5.96. The van der Waals surface area contributed by atoms with Crippen LogP contribution in [-0.2, 0) is 4.79 Å². The minimum Gasteiger partial charge on any atom is -0.477 e. The van der Waals surface area contributed by atoms with Crippen LogP contribution in [0.25, 0.3) is 0 Å². The molecule has 2 N–H and O–H groups in total. The van der Waals surface area contributed by atoms with Gasteiger partial charge in [-0.15, -0.1) is 0 Å². The predicted octanol–water partition coefficient (Wildman–Crippen LogP) is 2.50. The van der Waals surface area contributed by atoms with Crippen molar-refractivity contribution in [3.8, 4) is 5.75 Å². The third-order valence-electron chi connectivity index (χ3n) is 3.76. The number of hydrogen-bond acceptors (Lipinski definition) is 5. The zero-order valence-corrected chi connectivity index (χ0v) is 13.8. The Morgan fingerprint density at radius 1 is 1.12 bits per heavy atom. The zero-order valence-electron chi connectivity index (χ0n) is 13.8. The van der Waals surface area contributed by atoms with Crippen molar-refractivity contribution >= 4 is 23.2 Å². The summed E-state index contributed by atoms with van der Waals surface area (Å²) in [4.78, 5) is 34.2. The maximum Gasteiger partial charge on any atom is 0.310 e. The number of amides is 2. The SMILES string of the molecule is O=C(COc1ccccc1[N+](=O)[O-])Nc1ccc(C(=O)NC2CC2)cc1. The molecule has 1 fully saturated rings. The number of para-hydroxylation sites is 2. The monoisotopic (exact) mass is 355 g/mol. The van der Waals surface area contributed by atoms with E-state index in [0.717, 1.165) is 12.8 Å². The molecule has 8 nitrogen and oxygen atoms in total. The number of nitro groups is 1. The second kappa shape index (κ2) is 7.64. The molecule has 1 aliphatic rings. The molecule has 1 aliphatic carbocycles. The lowest BCUT2D eigenvalue weighted by atomic mass is 10.2. The molecule has 0 aliphatic heterocycles. The number of carbonyl (C=O) groups is 2. The van der Waals surface area contributed by atoms with Gasteiger partial charge < -0.3 is 15.4 Å². The standard InChI is InChI=1S/C18H17N3O5/c22-17(11-26-16-4-2-1-3-15(16)21(24)25)19-13-7-5-12(6-8-13)18(23)20-14-9-10-14/h1-8,14H,9-11H2,(H,19,22)(H,20,23). The van der Waals surface area contributed by atoms with Crippen molar-refractivity contribution in [1.82, 2.24) is 5.32 Å². The van der Waals surface area contributed by atoms with Gasteiger partial charge in [-0.05, 0) is 43.2 Å². The van der Waals surface area contributed by atoms with E-state index in [1.807, 2.05) is 0 Å². The van der Waals surface area contributed by atoms with Crippen molar-refractivity contribution in [2.75, 3.05) is 11.9 Å². The molecule has 0 radical (unpaired) electrons. The Labute approximate surface area is 149 Å². The minimum absolute atomic E-state index is 0.0275. The third kappa shape index (κ3) is 4.56. The van der Waals surface area contributed by atoms with E-state index in [0.29, 0.717) is 11.3 Å². The van der Waals surface area contributed by atoms with E-state index in [1.54, 1.807) is 30.3 Å². The fourth-order valence-corrected chi connectivity index (χ4v) is 2.27. The van der Waals surface area contributed by atoms with Gasteiger partial charge in [-0.25, -0.2) is 0 Å². The summed E-state index contributed by atoms with van der Waals surface area (Å²) in [6.07, 6.45) is 2.03. The van der Waals surface area contributed by atoms with Crippen LogP contribution >= 0.6 is 0 Å². The molecule has 2 aromatic rings. The molecule has 8 heteroatoms. The molecule has 3 rings (SSSR count). The average molecular weight is 355 g/mol. The highest BCUT2D eigenvalue weighted by atomic mass is 16.6. The number of nitrogens with zero attached hydrogens (tertiary/aromatic N) is 1. The normalized spacial score (nSPS) is 12.9. The summed E-state index contributed by atoms with van der Waals surface area (Å²) < 4.78 is 5.23. The molecular formula is C18H17N3O5. The highest BCUT2D eigenvalue weighted by Gasteiger charge is 2.23. The van der Waals surface area contributed by atoms with Crippen molar-refractivity contribution in [3.63, 3.8) is 0 Å². The number of nitro benzene ring substituents is 1. The van der Waals surface area contributed by atoms with Crippen molar-refractivity contribution in [2.45, 2.75) is 18.9 Å². The van der Waals surface area contributed by atoms with E-state index in [9.17, 15) is 19.7 Å². The van der Waals surface area contributed by atoms with E-state index in [4.69, 9.17) is 4.74 Å². The fourth-order valence-electron chi connectivity index (χ4n) is 2.27. The van der Waals surface area contributed by atoms with E-state index in [2.05, 4.69) is 10.6 Å². The largest absolute Gasteiger partial charge is 0.477 e. The second-order valence-corrected chi connectivity index (χ2v) is 5.89. The van der Waals surface area contributed by atoms with Crippen LogP contribution in [0.4, 0.5) is 11.4 Å². The minimum atomic E-state index is -0.571. The molecule has 26 heavy (non-hydrogen) atoms. The first-order valence-electron chi connectivity index (χ1n) is 8.10. The molecule has 1 saturated carbocycles. The smallest absolute Gasteiger partial charge is 0.310 e. The summed E-state index contributed by atoms with van der Waals surface area (Å²) in [7, 11) is 0. The van der Waals surface area contributed by atoms with Gasteiger partial charge in [0, 0.05) is 23.4 Å². The number of carbonyl (C=O) groups excluding carboxylic acids is 2. The Morgan fingerprint density at radius 3 is 2.46 bits per heavy atom. The van der Waals surface area contributed by atoms with Crippen molar-refractivity contribution in [1.29, 1.82) is 0 Å². The molecule has 2 amide bonds. The zero-order chi connectivity index (χ0) is 18.5. The Morgan fingerprint density at radius 2 is 1.81 bits per heavy atom. The van der Waals surface area contributed by atoms with Gasteiger partial charge in [0.25, 0.3) is 11.8 Å².